The lowest BCUT2D eigenvalue weighted by Crippen LogP contribution is -2.27. The monoisotopic (exact) mass is 331 g/mol. The second-order valence-electron chi connectivity index (χ2n) is 4.26. The number of benzene rings is 1. The summed E-state index contributed by atoms with van der Waals surface area (Å²) < 4.78 is 27.2. The molecule has 7 heteroatoms. The Balaban J connectivity index is 2.22. The van der Waals surface area contributed by atoms with Gasteiger partial charge >= 0.3 is 0 Å². The van der Waals surface area contributed by atoms with E-state index in [4.69, 9.17) is 16.7 Å². The molecule has 1 aromatic carbocycles. The maximum atomic E-state index is 12.3. The minimum Gasteiger partial charge on any atom is -0.391 e. The molecular formula is C13H14ClNO3S2. The Bertz CT molecular complexity index is 680. The molecule has 1 heterocycles. The van der Waals surface area contributed by atoms with Crippen LogP contribution in [0.5, 0.6) is 0 Å². The van der Waals surface area contributed by atoms with E-state index in [9.17, 15) is 8.42 Å². The molecule has 1 aromatic heterocycles. The molecule has 0 aliphatic rings. The summed E-state index contributed by atoms with van der Waals surface area (Å²) in [6, 6.07) is 8.08. The molecule has 20 heavy (non-hydrogen) atoms. The summed E-state index contributed by atoms with van der Waals surface area (Å²) in [5.74, 6) is 0. The molecule has 108 valence electrons. The summed E-state index contributed by atoms with van der Waals surface area (Å²) in [4.78, 5) is 0.562. The van der Waals surface area contributed by atoms with Crippen molar-refractivity contribution in [2.75, 3.05) is 0 Å². The van der Waals surface area contributed by atoms with Crippen LogP contribution < -0.4 is 4.72 Å². The molecule has 0 radical (unpaired) electrons. The average Bonchev–Trinajstić information content (AvgIpc) is 2.88. The van der Waals surface area contributed by atoms with Gasteiger partial charge in [-0.25, -0.2) is 13.1 Å². The predicted octanol–water partition coefficient (Wildman–Crippen LogP) is 2.93. The molecule has 4 nitrogen and oxygen atoms in total. The van der Waals surface area contributed by atoms with Gasteiger partial charge in [-0.05, 0) is 36.1 Å². The predicted molar refractivity (Wildman–Crippen MR) is 80.4 cm³/mol. The molecule has 0 saturated carbocycles. The number of nitrogens with one attached hydrogen (secondary N) is 1. The third-order valence-electron chi connectivity index (χ3n) is 2.84. The van der Waals surface area contributed by atoms with Crippen LogP contribution in [0.25, 0.3) is 0 Å². The van der Waals surface area contributed by atoms with Crippen molar-refractivity contribution >= 4 is 33.0 Å². The van der Waals surface area contributed by atoms with Crippen molar-refractivity contribution in [3.63, 3.8) is 0 Å². The van der Waals surface area contributed by atoms with Crippen molar-refractivity contribution in [1.29, 1.82) is 0 Å². The van der Waals surface area contributed by atoms with Gasteiger partial charge in [-0.2, -0.15) is 0 Å². The number of thiophene rings is 1. The van der Waals surface area contributed by atoms with Gasteiger partial charge in [-0.15, -0.1) is 11.3 Å². The molecule has 0 spiro atoms. The zero-order chi connectivity index (χ0) is 14.8. The number of halogens is 1. The molecule has 0 amide bonds. The molecule has 2 N–H and O–H groups in total. The van der Waals surface area contributed by atoms with Crippen LogP contribution in [0.2, 0.25) is 5.02 Å². The summed E-state index contributed by atoms with van der Waals surface area (Å²) in [6.07, 6.45) is 0. The largest absolute Gasteiger partial charge is 0.391 e. The van der Waals surface area contributed by atoms with Crippen LogP contribution in [0.15, 0.2) is 40.6 Å². The van der Waals surface area contributed by atoms with Gasteiger partial charge in [0.1, 0.15) is 0 Å². The first kappa shape index (κ1) is 15.5. The van der Waals surface area contributed by atoms with Crippen LogP contribution in [0.4, 0.5) is 0 Å². The lowest BCUT2D eigenvalue weighted by molar-refractivity contribution is 0.282. The average molecular weight is 332 g/mol. The first-order chi connectivity index (χ1) is 9.44. The van der Waals surface area contributed by atoms with Crippen LogP contribution in [0, 0.1) is 0 Å². The number of hydrogen-bond acceptors (Lipinski definition) is 4. The Morgan fingerprint density at radius 1 is 1.30 bits per heavy atom. The molecule has 0 saturated heterocycles. The van der Waals surface area contributed by atoms with Gasteiger partial charge in [0.2, 0.25) is 10.0 Å². The van der Waals surface area contributed by atoms with Crippen LogP contribution in [0.1, 0.15) is 23.4 Å². The fourth-order valence-corrected chi connectivity index (χ4v) is 4.45. The summed E-state index contributed by atoms with van der Waals surface area (Å²) >= 11 is 7.02. The van der Waals surface area contributed by atoms with Crippen molar-refractivity contribution in [3.05, 3.63) is 51.2 Å². The van der Waals surface area contributed by atoms with Gasteiger partial charge in [0, 0.05) is 15.9 Å². The standard InChI is InChI=1S/C13H14ClNO3S2/c1-9(10-2-4-11(14)5-3-10)15-20(17,18)13-6-7-19-12(13)8-16/h2-7,9,15-16H,8H2,1H3. The van der Waals surface area contributed by atoms with Crippen molar-refractivity contribution in [3.8, 4) is 0 Å². The lowest BCUT2D eigenvalue weighted by atomic mass is 10.1. The molecule has 0 aliphatic heterocycles. The van der Waals surface area contributed by atoms with E-state index in [-0.39, 0.29) is 17.5 Å². The van der Waals surface area contributed by atoms with Crippen molar-refractivity contribution in [2.45, 2.75) is 24.5 Å². The minimum atomic E-state index is -3.65. The molecular weight excluding hydrogens is 318 g/mol. The molecule has 0 aliphatic carbocycles. The minimum absolute atomic E-state index is 0.130. The Morgan fingerprint density at radius 2 is 1.95 bits per heavy atom. The summed E-state index contributed by atoms with van der Waals surface area (Å²) in [5.41, 5.74) is 0.818. The Hall–Kier alpha value is -0.920. The highest BCUT2D eigenvalue weighted by Crippen LogP contribution is 2.24. The second kappa shape index (κ2) is 6.24. The Kier molecular flexibility index (Phi) is 4.82. The SMILES string of the molecule is CC(NS(=O)(=O)c1ccsc1CO)c1ccc(Cl)cc1. The van der Waals surface area contributed by atoms with E-state index in [2.05, 4.69) is 4.72 Å². The third-order valence-corrected chi connectivity index (χ3v) is 5.75. The first-order valence-corrected chi connectivity index (χ1v) is 8.63. The summed E-state index contributed by atoms with van der Waals surface area (Å²) in [5, 5.41) is 11.4. The zero-order valence-electron chi connectivity index (χ0n) is 10.7. The second-order valence-corrected chi connectivity index (χ2v) is 7.38. The van der Waals surface area contributed by atoms with E-state index in [0.717, 1.165) is 5.56 Å². The maximum Gasteiger partial charge on any atom is 0.242 e. The van der Waals surface area contributed by atoms with Gasteiger partial charge in [0.15, 0.2) is 0 Å². The lowest BCUT2D eigenvalue weighted by Gasteiger charge is -2.14. The van der Waals surface area contributed by atoms with Gasteiger partial charge in [0.05, 0.1) is 11.5 Å². The van der Waals surface area contributed by atoms with Crippen LogP contribution in [-0.4, -0.2) is 13.5 Å². The van der Waals surface area contributed by atoms with Crippen molar-refractivity contribution < 1.29 is 13.5 Å². The van der Waals surface area contributed by atoms with Crippen LogP contribution in [0.3, 0.4) is 0 Å². The van der Waals surface area contributed by atoms with Gasteiger partial charge < -0.3 is 5.11 Å². The summed E-state index contributed by atoms with van der Waals surface area (Å²) in [7, 11) is -3.65. The highest BCUT2D eigenvalue weighted by Gasteiger charge is 2.22. The summed E-state index contributed by atoms with van der Waals surface area (Å²) in [6.45, 7) is 1.47. The highest BCUT2D eigenvalue weighted by atomic mass is 35.5. The number of rotatable bonds is 5. The molecule has 0 fully saturated rings. The van der Waals surface area contributed by atoms with E-state index in [1.54, 1.807) is 36.6 Å². The quantitative estimate of drug-likeness (QED) is 0.885. The molecule has 1 unspecified atom stereocenters. The van der Waals surface area contributed by atoms with E-state index in [1.807, 2.05) is 0 Å². The molecule has 2 aromatic rings. The Morgan fingerprint density at radius 3 is 2.55 bits per heavy atom. The van der Waals surface area contributed by atoms with E-state index in [1.165, 1.54) is 17.4 Å². The molecule has 1 atom stereocenters. The van der Waals surface area contributed by atoms with Crippen molar-refractivity contribution in [2.24, 2.45) is 0 Å². The van der Waals surface area contributed by atoms with E-state index in [0.29, 0.717) is 9.90 Å². The topological polar surface area (TPSA) is 66.4 Å². The molecule has 0 bridgehead atoms. The number of aliphatic hydroxyl groups is 1. The van der Waals surface area contributed by atoms with Crippen LogP contribution >= 0.6 is 22.9 Å². The normalized spacial score (nSPS) is 13.3. The number of aliphatic hydroxyl groups excluding tert-OH is 1. The third kappa shape index (κ3) is 3.39. The van der Waals surface area contributed by atoms with E-state index < -0.39 is 10.0 Å². The molecule has 2 rings (SSSR count). The Labute approximate surface area is 127 Å². The smallest absolute Gasteiger partial charge is 0.242 e. The zero-order valence-corrected chi connectivity index (χ0v) is 13.1. The van der Waals surface area contributed by atoms with Crippen LogP contribution in [-0.2, 0) is 16.6 Å². The number of hydrogen-bond donors (Lipinski definition) is 2. The van der Waals surface area contributed by atoms with Gasteiger partial charge in [0.25, 0.3) is 0 Å². The fourth-order valence-electron chi connectivity index (χ4n) is 1.80. The van der Waals surface area contributed by atoms with Crippen molar-refractivity contribution in [1.82, 2.24) is 4.72 Å². The van der Waals surface area contributed by atoms with Gasteiger partial charge in [-0.1, -0.05) is 23.7 Å². The fraction of sp³-hybridized carbons (Fsp3) is 0.231. The van der Waals surface area contributed by atoms with Gasteiger partial charge in [-0.3, -0.25) is 0 Å². The highest BCUT2D eigenvalue weighted by molar-refractivity contribution is 7.89. The maximum absolute atomic E-state index is 12.3. The van der Waals surface area contributed by atoms with E-state index >= 15 is 0 Å². The first-order valence-electron chi connectivity index (χ1n) is 5.89. The number of sulfonamides is 1.